The predicted molar refractivity (Wildman–Crippen MR) is 41.7 cm³/mol. The SMILES string of the molecule is CS(=O)(=O)OP(=O)(O)OS(C)(=O)=O. The van der Waals surface area contributed by atoms with Gasteiger partial charge in [-0.3, -0.25) is 0 Å². The molecule has 0 saturated carbocycles. The maximum Gasteiger partial charge on any atom is 0.501 e. The molecule has 0 fully saturated rings. The average Bonchev–Trinajstić information content (AvgIpc) is 1.43. The van der Waals surface area contributed by atoms with Gasteiger partial charge in [-0.1, -0.05) is 0 Å². The number of hydrogen-bond donors (Lipinski definition) is 1. The molecule has 0 radical (unpaired) electrons. The molecule has 0 aromatic rings. The topological polar surface area (TPSA) is 124 Å². The summed E-state index contributed by atoms with van der Waals surface area (Å²) in [7, 11) is -13.6. The first-order valence-corrected chi connectivity index (χ1v) is 7.69. The van der Waals surface area contributed by atoms with Crippen LogP contribution in [-0.2, 0) is 32.7 Å². The van der Waals surface area contributed by atoms with Crippen LogP contribution in [-0.4, -0.2) is 34.2 Å². The minimum Gasteiger partial charge on any atom is -0.301 e. The number of phosphoric acid groups is 1. The van der Waals surface area contributed by atoms with E-state index >= 15 is 0 Å². The third-order valence-corrected chi connectivity index (χ3v) is 4.13. The minimum atomic E-state index is -5.11. The summed E-state index contributed by atoms with van der Waals surface area (Å²) >= 11 is 0. The first-order valence-electron chi connectivity index (χ1n) is 2.56. The van der Waals surface area contributed by atoms with Crippen LogP contribution in [0.15, 0.2) is 0 Å². The molecule has 0 amide bonds. The van der Waals surface area contributed by atoms with Crippen molar-refractivity contribution in [3.8, 4) is 0 Å². The van der Waals surface area contributed by atoms with E-state index < -0.39 is 28.1 Å². The quantitative estimate of drug-likeness (QED) is 0.636. The molecule has 0 aromatic carbocycles. The van der Waals surface area contributed by atoms with Gasteiger partial charge in [0.05, 0.1) is 12.5 Å². The van der Waals surface area contributed by atoms with E-state index in [0.29, 0.717) is 12.5 Å². The molecule has 1 N–H and O–H groups in total. The molecule has 0 spiro atoms. The highest BCUT2D eigenvalue weighted by molar-refractivity contribution is 7.93. The molecule has 0 aromatic heterocycles. The van der Waals surface area contributed by atoms with Crippen molar-refractivity contribution in [3.63, 3.8) is 0 Å². The van der Waals surface area contributed by atoms with Crippen LogP contribution in [0.1, 0.15) is 0 Å². The normalized spacial score (nSPS) is 14.4. The third-order valence-electron chi connectivity index (χ3n) is 0.459. The van der Waals surface area contributed by atoms with Gasteiger partial charge in [0.2, 0.25) is 0 Å². The second kappa shape index (κ2) is 3.64. The lowest BCUT2D eigenvalue weighted by Gasteiger charge is -2.07. The summed E-state index contributed by atoms with van der Waals surface area (Å²) in [5, 5.41) is 0. The van der Waals surface area contributed by atoms with Gasteiger partial charge in [0.1, 0.15) is 0 Å². The van der Waals surface area contributed by atoms with Crippen LogP contribution >= 0.6 is 7.82 Å². The smallest absolute Gasteiger partial charge is 0.301 e. The maximum absolute atomic E-state index is 10.6. The van der Waals surface area contributed by atoms with Crippen LogP contribution in [0, 0.1) is 0 Å². The Balaban J connectivity index is 4.74. The van der Waals surface area contributed by atoms with Crippen molar-refractivity contribution in [2.24, 2.45) is 0 Å². The molecule has 0 saturated heterocycles. The van der Waals surface area contributed by atoms with Crippen molar-refractivity contribution in [2.45, 2.75) is 0 Å². The summed E-state index contributed by atoms with van der Waals surface area (Å²) in [6.45, 7) is 0. The lowest BCUT2D eigenvalue weighted by atomic mass is 12.0. The Morgan fingerprint density at radius 2 is 1.23 bits per heavy atom. The van der Waals surface area contributed by atoms with Crippen LogP contribution < -0.4 is 0 Å². The van der Waals surface area contributed by atoms with E-state index in [4.69, 9.17) is 4.89 Å². The van der Waals surface area contributed by atoms with Crippen LogP contribution in [0.25, 0.3) is 0 Å². The molecular weight excluding hydrogens is 247 g/mol. The second-order valence-electron chi connectivity index (χ2n) is 2.03. The summed E-state index contributed by atoms with van der Waals surface area (Å²) in [6.07, 6.45) is 0.947. The highest BCUT2D eigenvalue weighted by atomic mass is 32.2. The summed E-state index contributed by atoms with van der Waals surface area (Å²) in [5.41, 5.74) is 0. The van der Waals surface area contributed by atoms with Gasteiger partial charge in [0.25, 0.3) is 20.2 Å². The molecule has 0 rings (SSSR count). The molecule has 11 heteroatoms. The van der Waals surface area contributed by atoms with E-state index in [2.05, 4.69) is 7.94 Å². The highest BCUT2D eigenvalue weighted by Gasteiger charge is 2.31. The number of hydrogen-bond acceptors (Lipinski definition) is 7. The van der Waals surface area contributed by atoms with Gasteiger partial charge in [-0.25, -0.2) is 4.57 Å². The van der Waals surface area contributed by atoms with Gasteiger partial charge in [0.15, 0.2) is 0 Å². The standard InChI is InChI=1S/C2H7O8PS2/c1-12(5,6)9-11(3,4)10-13(2,7)8/h1-2H3,(H,3,4). The Hall–Kier alpha value is 0.01000. The zero-order valence-electron chi connectivity index (χ0n) is 6.57. The summed E-state index contributed by atoms with van der Waals surface area (Å²) in [5.74, 6) is 0. The van der Waals surface area contributed by atoms with Crippen molar-refractivity contribution in [3.05, 3.63) is 0 Å². The lowest BCUT2D eigenvalue weighted by Crippen LogP contribution is -2.07. The van der Waals surface area contributed by atoms with E-state index in [1.54, 1.807) is 0 Å². The first-order chi connectivity index (χ1) is 5.41. The molecule has 0 aliphatic rings. The van der Waals surface area contributed by atoms with Gasteiger partial charge in [-0.05, 0) is 0 Å². The molecule has 0 bridgehead atoms. The average molecular weight is 254 g/mol. The van der Waals surface area contributed by atoms with Crippen molar-refractivity contribution in [1.29, 1.82) is 0 Å². The number of rotatable bonds is 4. The van der Waals surface area contributed by atoms with Crippen LogP contribution in [0.2, 0.25) is 0 Å². The monoisotopic (exact) mass is 254 g/mol. The molecule has 0 aliphatic carbocycles. The van der Waals surface area contributed by atoms with E-state index in [-0.39, 0.29) is 0 Å². The van der Waals surface area contributed by atoms with Crippen molar-refractivity contribution in [2.75, 3.05) is 12.5 Å². The van der Waals surface area contributed by atoms with Gasteiger partial charge in [0, 0.05) is 0 Å². The van der Waals surface area contributed by atoms with Gasteiger partial charge in [-0.15, -0.1) is 0 Å². The van der Waals surface area contributed by atoms with E-state index in [9.17, 15) is 21.4 Å². The fraction of sp³-hybridized carbons (Fsp3) is 1.00. The summed E-state index contributed by atoms with van der Waals surface area (Å²) < 4.78 is 58.8. The Labute approximate surface area is 75.3 Å². The van der Waals surface area contributed by atoms with E-state index in [1.807, 2.05) is 0 Å². The Morgan fingerprint density at radius 3 is 1.38 bits per heavy atom. The van der Waals surface area contributed by atoms with Crippen LogP contribution in [0.3, 0.4) is 0 Å². The summed E-state index contributed by atoms with van der Waals surface area (Å²) in [4.78, 5) is 8.54. The van der Waals surface area contributed by atoms with Crippen LogP contribution in [0.5, 0.6) is 0 Å². The molecule has 80 valence electrons. The van der Waals surface area contributed by atoms with Gasteiger partial charge < -0.3 is 4.89 Å². The molecule has 0 heterocycles. The molecule has 13 heavy (non-hydrogen) atoms. The van der Waals surface area contributed by atoms with Crippen molar-refractivity contribution >= 4 is 28.1 Å². The Morgan fingerprint density at radius 1 is 1.00 bits per heavy atom. The van der Waals surface area contributed by atoms with Crippen molar-refractivity contribution in [1.82, 2.24) is 0 Å². The predicted octanol–water partition coefficient (Wildman–Crippen LogP) is -0.961. The zero-order chi connectivity index (χ0) is 10.9. The minimum absolute atomic E-state index is 0.474. The summed E-state index contributed by atoms with van der Waals surface area (Å²) in [6, 6.07) is 0. The highest BCUT2D eigenvalue weighted by Crippen LogP contribution is 2.46. The van der Waals surface area contributed by atoms with E-state index in [1.165, 1.54) is 0 Å². The molecule has 0 atom stereocenters. The lowest BCUT2D eigenvalue weighted by molar-refractivity contribution is 0.297. The zero-order valence-corrected chi connectivity index (χ0v) is 9.10. The van der Waals surface area contributed by atoms with Gasteiger partial charge in [-0.2, -0.15) is 24.8 Å². The maximum atomic E-state index is 10.6. The van der Waals surface area contributed by atoms with Gasteiger partial charge >= 0.3 is 7.82 Å². The van der Waals surface area contributed by atoms with Crippen LogP contribution in [0.4, 0.5) is 0 Å². The first kappa shape index (κ1) is 13.0. The fourth-order valence-electron chi connectivity index (χ4n) is 0.355. The molecular formula is C2H7O8PS2. The van der Waals surface area contributed by atoms with Crippen molar-refractivity contribution < 1.29 is 34.2 Å². The Kier molecular flexibility index (Phi) is 3.64. The second-order valence-corrected chi connectivity index (χ2v) is 6.97. The molecule has 8 nitrogen and oxygen atoms in total. The molecule has 0 unspecified atom stereocenters. The fourth-order valence-corrected chi connectivity index (χ4v) is 3.42. The largest absolute Gasteiger partial charge is 0.501 e. The van der Waals surface area contributed by atoms with E-state index in [0.717, 1.165) is 0 Å². The third kappa shape index (κ3) is 8.34. The Bertz CT molecular complexity index is 377. The molecule has 0 aliphatic heterocycles.